The molecule has 28 heavy (non-hydrogen) atoms. The van der Waals surface area contributed by atoms with Gasteiger partial charge in [-0.15, -0.1) is 0 Å². The van der Waals surface area contributed by atoms with E-state index in [1.54, 1.807) is 0 Å². The van der Waals surface area contributed by atoms with Crippen molar-refractivity contribution in [3.05, 3.63) is 36.0 Å². The lowest BCUT2D eigenvalue weighted by atomic mass is 10.1. The Morgan fingerprint density at radius 2 is 2.11 bits per heavy atom. The number of likely N-dealkylation sites (tertiary alicyclic amines) is 1. The van der Waals surface area contributed by atoms with Gasteiger partial charge in [-0.2, -0.15) is 0 Å². The highest BCUT2D eigenvalue weighted by molar-refractivity contribution is 5.83. The molecule has 2 N–H and O–H groups in total. The van der Waals surface area contributed by atoms with Gasteiger partial charge in [-0.1, -0.05) is 32.0 Å². The third-order valence-electron chi connectivity index (χ3n) is 5.67. The second kappa shape index (κ2) is 9.76. The van der Waals surface area contributed by atoms with E-state index in [1.165, 1.54) is 10.9 Å². The molecule has 1 aromatic carbocycles. The quantitative estimate of drug-likeness (QED) is 0.723. The zero-order valence-corrected chi connectivity index (χ0v) is 17.2. The van der Waals surface area contributed by atoms with Crippen molar-refractivity contribution in [2.24, 2.45) is 5.92 Å². The number of hydrogen-bond donors (Lipinski definition) is 2. The van der Waals surface area contributed by atoms with Crippen molar-refractivity contribution in [2.75, 3.05) is 13.1 Å². The molecule has 0 aliphatic carbocycles. The van der Waals surface area contributed by atoms with Gasteiger partial charge >= 0.3 is 0 Å². The average molecular weight is 384 g/mol. The van der Waals surface area contributed by atoms with Crippen molar-refractivity contribution in [1.29, 1.82) is 0 Å². The molecule has 1 unspecified atom stereocenters. The lowest BCUT2D eigenvalue weighted by Crippen LogP contribution is -2.36. The summed E-state index contributed by atoms with van der Waals surface area (Å²) in [5.74, 6) is 0.938. The lowest BCUT2D eigenvalue weighted by molar-refractivity contribution is -0.131. The summed E-state index contributed by atoms with van der Waals surface area (Å²) in [5, 5.41) is 4.40. The summed E-state index contributed by atoms with van der Waals surface area (Å²) >= 11 is 0. The van der Waals surface area contributed by atoms with Gasteiger partial charge < -0.3 is 15.2 Å². The summed E-state index contributed by atoms with van der Waals surface area (Å²) in [6, 6.07) is 8.38. The number of aryl methyl sites for hydroxylation is 1. The van der Waals surface area contributed by atoms with Crippen LogP contribution in [0.25, 0.3) is 10.9 Å². The van der Waals surface area contributed by atoms with Gasteiger partial charge in [0.15, 0.2) is 0 Å². The maximum atomic E-state index is 12.4. The number of benzene rings is 1. The number of aromatic nitrogens is 1. The standard InChI is InChI=1S/C23H33N3O2/c1-17(2)12-14-26-15-13-19(10-11-23(26)28)25-22(27)9-5-6-18-16-24-21-8-4-3-7-20(18)21/h3-4,7-8,16-17,19,24H,5-6,9-15H2,1-2H3,(H,25,27). The highest BCUT2D eigenvalue weighted by Crippen LogP contribution is 2.19. The van der Waals surface area contributed by atoms with Gasteiger partial charge in [0.1, 0.15) is 0 Å². The van der Waals surface area contributed by atoms with Crippen LogP contribution in [-0.4, -0.2) is 40.8 Å². The van der Waals surface area contributed by atoms with Gasteiger partial charge in [-0.3, -0.25) is 9.59 Å². The highest BCUT2D eigenvalue weighted by Gasteiger charge is 2.23. The summed E-state index contributed by atoms with van der Waals surface area (Å²) in [5.41, 5.74) is 2.41. The van der Waals surface area contributed by atoms with Gasteiger partial charge in [0.2, 0.25) is 11.8 Å². The molecular formula is C23H33N3O2. The van der Waals surface area contributed by atoms with Crippen molar-refractivity contribution in [1.82, 2.24) is 15.2 Å². The predicted octanol–water partition coefficient (Wildman–Crippen LogP) is 4.03. The van der Waals surface area contributed by atoms with Crippen molar-refractivity contribution in [3.8, 4) is 0 Å². The van der Waals surface area contributed by atoms with Gasteiger partial charge in [-0.05, 0) is 49.7 Å². The second-order valence-corrected chi connectivity index (χ2v) is 8.37. The summed E-state index contributed by atoms with van der Waals surface area (Å²) in [6.45, 7) is 5.96. The van der Waals surface area contributed by atoms with E-state index in [9.17, 15) is 9.59 Å². The molecule has 0 saturated carbocycles. The Labute approximate surface area is 167 Å². The molecular weight excluding hydrogens is 350 g/mol. The SMILES string of the molecule is CC(C)CCN1CCC(NC(=O)CCCc2c[nH]c3ccccc23)CCC1=O. The number of amides is 2. The number of nitrogens with one attached hydrogen (secondary N) is 2. The van der Waals surface area contributed by atoms with E-state index in [4.69, 9.17) is 0 Å². The third kappa shape index (κ3) is 5.60. The van der Waals surface area contributed by atoms with E-state index in [2.05, 4.69) is 36.3 Å². The molecule has 1 fully saturated rings. The highest BCUT2D eigenvalue weighted by atomic mass is 16.2. The van der Waals surface area contributed by atoms with Gasteiger partial charge in [-0.25, -0.2) is 0 Å². The fourth-order valence-electron chi connectivity index (χ4n) is 3.91. The number of aromatic amines is 1. The van der Waals surface area contributed by atoms with Crippen LogP contribution >= 0.6 is 0 Å². The first-order chi connectivity index (χ1) is 13.5. The van der Waals surface area contributed by atoms with E-state index < -0.39 is 0 Å². The van der Waals surface area contributed by atoms with Crippen LogP contribution in [0, 0.1) is 5.92 Å². The maximum Gasteiger partial charge on any atom is 0.222 e. The first kappa shape index (κ1) is 20.4. The zero-order chi connectivity index (χ0) is 19.9. The van der Waals surface area contributed by atoms with Gasteiger partial charge in [0.05, 0.1) is 0 Å². The van der Waals surface area contributed by atoms with Gasteiger partial charge in [0, 0.05) is 49.1 Å². The molecule has 0 bridgehead atoms. The first-order valence-corrected chi connectivity index (χ1v) is 10.6. The molecule has 5 nitrogen and oxygen atoms in total. The summed E-state index contributed by atoms with van der Waals surface area (Å²) < 4.78 is 0. The van der Waals surface area contributed by atoms with Crippen molar-refractivity contribution < 1.29 is 9.59 Å². The minimum absolute atomic E-state index is 0.105. The number of nitrogens with zero attached hydrogens (tertiary/aromatic N) is 1. The summed E-state index contributed by atoms with van der Waals surface area (Å²) in [7, 11) is 0. The molecule has 0 radical (unpaired) electrons. The average Bonchev–Trinajstić information content (AvgIpc) is 3.00. The van der Waals surface area contributed by atoms with E-state index in [-0.39, 0.29) is 17.9 Å². The summed E-state index contributed by atoms with van der Waals surface area (Å²) in [6.07, 6.45) is 7.49. The number of carbonyl (C=O) groups is 2. The number of hydrogen-bond acceptors (Lipinski definition) is 2. The fourth-order valence-corrected chi connectivity index (χ4v) is 3.91. The largest absolute Gasteiger partial charge is 0.361 e. The second-order valence-electron chi connectivity index (χ2n) is 8.37. The molecule has 3 rings (SSSR count). The van der Waals surface area contributed by atoms with E-state index in [0.717, 1.165) is 50.7 Å². The molecule has 152 valence electrons. The van der Waals surface area contributed by atoms with Crippen LogP contribution in [-0.2, 0) is 16.0 Å². The van der Waals surface area contributed by atoms with Crippen molar-refractivity contribution >= 4 is 22.7 Å². The first-order valence-electron chi connectivity index (χ1n) is 10.6. The number of rotatable bonds is 8. The Hall–Kier alpha value is -2.30. The molecule has 1 aliphatic rings. The molecule has 1 aromatic heterocycles. The minimum atomic E-state index is 0.105. The molecule has 1 atom stereocenters. The summed E-state index contributed by atoms with van der Waals surface area (Å²) in [4.78, 5) is 29.9. The lowest BCUT2D eigenvalue weighted by Gasteiger charge is -2.22. The number of para-hydroxylation sites is 1. The topological polar surface area (TPSA) is 65.2 Å². The molecule has 5 heteroatoms. The van der Waals surface area contributed by atoms with Gasteiger partial charge in [0.25, 0.3) is 0 Å². The Bertz CT molecular complexity index is 796. The van der Waals surface area contributed by atoms with E-state index >= 15 is 0 Å². The van der Waals surface area contributed by atoms with Crippen LogP contribution in [0.15, 0.2) is 30.5 Å². The van der Waals surface area contributed by atoms with E-state index in [1.807, 2.05) is 23.2 Å². The molecule has 1 saturated heterocycles. The normalized spacial score (nSPS) is 17.9. The minimum Gasteiger partial charge on any atom is -0.361 e. The van der Waals surface area contributed by atoms with Crippen LogP contribution in [0.4, 0.5) is 0 Å². The maximum absolute atomic E-state index is 12.4. The zero-order valence-electron chi connectivity index (χ0n) is 17.2. The van der Waals surface area contributed by atoms with Crippen LogP contribution in [0.1, 0.15) is 57.9 Å². The third-order valence-corrected chi connectivity index (χ3v) is 5.67. The van der Waals surface area contributed by atoms with Crippen LogP contribution in [0.2, 0.25) is 0 Å². The Morgan fingerprint density at radius 1 is 1.29 bits per heavy atom. The smallest absolute Gasteiger partial charge is 0.222 e. The van der Waals surface area contributed by atoms with Crippen molar-refractivity contribution in [3.63, 3.8) is 0 Å². The molecule has 2 aromatic rings. The number of H-pyrrole nitrogens is 1. The van der Waals surface area contributed by atoms with Crippen LogP contribution in [0.5, 0.6) is 0 Å². The molecule has 2 amide bonds. The fraction of sp³-hybridized carbons (Fsp3) is 0.565. The number of carbonyl (C=O) groups excluding carboxylic acids is 2. The Kier molecular flexibility index (Phi) is 7.12. The Balaban J connectivity index is 1.41. The predicted molar refractivity (Wildman–Crippen MR) is 113 cm³/mol. The van der Waals surface area contributed by atoms with Crippen molar-refractivity contribution in [2.45, 2.75) is 64.8 Å². The monoisotopic (exact) mass is 383 g/mol. The Morgan fingerprint density at radius 3 is 2.93 bits per heavy atom. The van der Waals surface area contributed by atoms with Crippen LogP contribution in [0.3, 0.4) is 0 Å². The molecule has 1 aliphatic heterocycles. The van der Waals surface area contributed by atoms with Crippen LogP contribution < -0.4 is 5.32 Å². The van der Waals surface area contributed by atoms with E-state index in [0.29, 0.717) is 18.8 Å². The molecule has 0 spiro atoms. The molecule has 2 heterocycles. The number of fused-ring (bicyclic) bond motifs is 1.